The van der Waals surface area contributed by atoms with Gasteiger partial charge in [-0.3, -0.25) is 39.2 Å². The summed E-state index contributed by atoms with van der Waals surface area (Å²) in [6, 6.07) is 9.78. The molecule has 19 nitrogen and oxygen atoms in total. The number of imidazole rings is 2. The molecule has 312 valence electrons. The highest BCUT2D eigenvalue weighted by Gasteiger charge is 2.23. The molecule has 0 aliphatic rings. The summed E-state index contributed by atoms with van der Waals surface area (Å²) in [7, 11) is 6.53. The normalized spacial score (nSPS) is 11.2. The summed E-state index contributed by atoms with van der Waals surface area (Å²) in [5.74, 6) is -0.306. The van der Waals surface area contributed by atoms with Crippen LogP contribution < -0.4 is 36.9 Å². The Kier molecular flexibility index (Phi) is 14.3. The molecule has 0 atom stereocenters. The number of nitrogens with two attached hydrogens (primary N) is 2. The Bertz CT molecular complexity index is 2510. The van der Waals surface area contributed by atoms with E-state index in [0.29, 0.717) is 82.2 Å². The number of anilines is 2. The van der Waals surface area contributed by atoms with Crippen molar-refractivity contribution in [3.05, 3.63) is 82.5 Å². The Morgan fingerprint density at radius 2 is 1.47 bits per heavy atom. The van der Waals surface area contributed by atoms with Gasteiger partial charge >= 0.3 is 0 Å². The molecule has 0 fully saturated rings. The molecule has 0 unspecified atom stereocenters. The summed E-state index contributed by atoms with van der Waals surface area (Å²) in [5.41, 5.74) is 14.8. The van der Waals surface area contributed by atoms with E-state index >= 15 is 0 Å². The lowest BCUT2D eigenvalue weighted by Gasteiger charge is -2.13. The highest BCUT2D eigenvalue weighted by atomic mass is 16.5. The van der Waals surface area contributed by atoms with Gasteiger partial charge in [0.15, 0.2) is 0 Å². The fraction of sp³-hybridized carbons (Fsp3) is 0.350. The maximum atomic E-state index is 13.6. The molecule has 2 aromatic carbocycles. The number of fused-ring (bicyclic) bond motifs is 2. The third-order valence-electron chi connectivity index (χ3n) is 9.26. The van der Waals surface area contributed by atoms with Gasteiger partial charge in [-0.1, -0.05) is 19.1 Å². The molecular formula is C40H51N13O6. The second-order valence-electron chi connectivity index (χ2n) is 13.2. The van der Waals surface area contributed by atoms with Crippen LogP contribution in [0.4, 0.5) is 11.9 Å². The Morgan fingerprint density at radius 3 is 2.03 bits per heavy atom. The molecule has 0 aliphatic carbocycles. The zero-order valence-electron chi connectivity index (χ0n) is 34.3. The van der Waals surface area contributed by atoms with Gasteiger partial charge in [-0.25, -0.2) is 9.97 Å². The zero-order chi connectivity index (χ0) is 42.8. The third kappa shape index (κ3) is 9.48. The van der Waals surface area contributed by atoms with E-state index in [1.54, 1.807) is 58.1 Å². The first-order valence-corrected chi connectivity index (χ1v) is 19.1. The molecule has 59 heavy (non-hydrogen) atoms. The molecule has 4 aromatic heterocycles. The minimum absolute atomic E-state index is 0.191. The first-order chi connectivity index (χ1) is 28.5. The van der Waals surface area contributed by atoms with E-state index < -0.39 is 17.7 Å². The number of hydrogen-bond donors (Lipinski definition) is 5. The molecule has 6 rings (SSSR count). The van der Waals surface area contributed by atoms with E-state index in [2.05, 4.69) is 36.9 Å². The molecule has 19 heteroatoms. The first kappa shape index (κ1) is 43.3. The van der Waals surface area contributed by atoms with Gasteiger partial charge in [-0.15, -0.1) is 0 Å². The quantitative estimate of drug-likeness (QED) is 0.0476. The van der Waals surface area contributed by atoms with Crippen molar-refractivity contribution in [3.8, 4) is 11.5 Å². The summed E-state index contributed by atoms with van der Waals surface area (Å²) < 4.78 is 18.5. The second-order valence-corrected chi connectivity index (χ2v) is 13.2. The SMILES string of the molecule is CCc1cc(C(=O)Nc2nc3cc(C=O)cc(OCCCNC)c3n2C/C=C/Cn2c(NC(=O)c3cc(C)nn3CC)nc3cc(C(N)=O)cc(OC)c32)n(C)n1.CN. The monoisotopic (exact) mass is 809 g/mol. The van der Waals surface area contributed by atoms with Crippen molar-refractivity contribution in [3.63, 3.8) is 0 Å². The van der Waals surface area contributed by atoms with Gasteiger partial charge < -0.3 is 35.4 Å². The number of carbonyl (C=O) groups is 4. The van der Waals surface area contributed by atoms with Crippen LogP contribution in [0, 0.1) is 6.92 Å². The molecule has 7 N–H and O–H groups in total. The number of hydrogen-bond acceptors (Lipinski definition) is 12. The maximum Gasteiger partial charge on any atom is 0.276 e. The molecule has 0 bridgehead atoms. The number of carbonyl (C=O) groups excluding carboxylic acids is 4. The van der Waals surface area contributed by atoms with Gasteiger partial charge in [0.2, 0.25) is 17.8 Å². The zero-order valence-corrected chi connectivity index (χ0v) is 34.3. The second kappa shape index (κ2) is 19.5. The molecule has 6 aromatic rings. The molecule has 0 radical (unpaired) electrons. The van der Waals surface area contributed by atoms with Crippen LogP contribution in [-0.2, 0) is 33.1 Å². The number of methoxy groups -OCH3 is 1. The lowest BCUT2D eigenvalue weighted by atomic mass is 10.1. The molecule has 0 saturated heterocycles. The van der Waals surface area contributed by atoms with E-state index in [-0.39, 0.29) is 30.5 Å². The van der Waals surface area contributed by atoms with Gasteiger partial charge in [0.25, 0.3) is 11.8 Å². The molecular weight excluding hydrogens is 759 g/mol. The minimum atomic E-state index is -0.659. The largest absolute Gasteiger partial charge is 0.494 e. The Labute approximate surface area is 340 Å². The van der Waals surface area contributed by atoms with Gasteiger partial charge in [0.1, 0.15) is 40.2 Å². The number of benzene rings is 2. The van der Waals surface area contributed by atoms with E-state index in [4.69, 9.17) is 20.2 Å². The predicted molar refractivity (Wildman–Crippen MR) is 224 cm³/mol. The number of nitrogens with one attached hydrogen (secondary N) is 3. The molecule has 4 heterocycles. The minimum Gasteiger partial charge on any atom is -0.494 e. The summed E-state index contributed by atoms with van der Waals surface area (Å²) in [6.07, 6.45) is 5.82. The molecule has 3 amide bonds. The Balaban J connectivity index is 0.00000326. The van der Waals surface area contributed by atoms with Crippen LogP contribution in [0.3, 0.4) is 0 Å². The summed E-state index contributed by atoms with van der Waals surface area (Å²) in [6.45, 7) is 7.63. The molecule has 0 saturated carbocycles. The highest BCUT2D eigenvalue weighted by molar-refractivity contribution is 6.05. The summed E-state index contributed by atoms with van der Waals surface area (Å²) in [4.78, 5) is 60.8. The third-order valence-corrected chi connectivity index (χ3v) is 9.26. The van der Waals surface area contributed by atoms with Crippen LogP contribution in [0.1, 0.15) is 73.3 Å². The standard InChI is InChI=1S/C39H46N12O6.CH5N/c1-7-26-21-29(48(5)47-26)36(54)44-38-42-27-17-24(22-52)18-32(57-15-11-12-41-4)34(27)50(38)14-10-9-13-49-33-28(19-25(35(40)53)20-31(33)56-6)43-39(49)45-37(55)30-16-23(3)46-51(30)8-2;1-2/h9-10,16-22,41H,7-8,11-15H2,1-6H3,(H2,40,53)(H,42,44,54)(H,43,45,55);2H2,1H3/b10-9+;. The topological polar surface area (TPSA) is 246 Å². The van der Waals surface area contributed by atoms with Crippen molar-refractivity contribution in [2.24, 2.45) is 18.5 Å². The van der Waals surface area contributed by atoms with E-state index in [1.807, 2.05) is 33.0 Å². The smallest absolute Gasteiger partial charge is 0.276 e. The first-order valence-electron chi connectivity index (χ1n) is 19.1. The van der Waals surface area contributed by atoms with Crippen LogP contribution in [0.2, 0.25) is 0 Å². The number of allylic oxidation sites excluding steroid dienone is 2. The number of aldehydes is 1. The van der Waals surface area contributed by atoms with Crippen molar-refractivity contribution >= 4 is 58.0 Å². The van der Waals surface area contributed by atoms with Crippen molar-refractivity contribution in [1.82, 2.24) is 44.0 Å². The van der Waals surface area contributed by atoms with Crippen LogP contribution in [-0.4, -0.2) is 97.0 Å². The predicted octanol–water partition coefficient (Wildman–Crippen LogP) is 3.45. The molecule has 0 aliphatic heterocycles. The van der Waals surface area contributed by atoms with Gasteiger partial charge in [0, 0.05) is 37.8 Å². The number of primary amides is 1. The Morgan fingerprint density at radius 1 is 0.847 bits per heavy atom. The molecule has 0 spiro atoms. The van der Waals surface area contributed by atoms with Gasteiger partial charge in [-0.2, -0.15) is 10.2 Å². The number of ether oxygens (including phenoxy) is 2. The van der Waals surface area contributed by atoms with Crippen molar-refractivity contribution in [1.29, 1.82) is 0 Å². The summed E-state index contributed by atoms with van der Waals surface area (Å²) in [5, 5.41) is 17.8. The van der Waals surface area contributed by atoms with Crippen LogP contribution in [0.25, 0.3) is 22.1 Å². The van der Waals surface area contributed by atoms with Gasteiger partial charge in [-0.05, 0) is 83.7 Å². The van der Waals surface area contributed by atoms with Gasteiger partial charge in [0.05, 0.1) is 36.1 Å². The lowest BCUT2D eigenvalue weighted by Crippen LogP contribution is -2.20. The number of aromatic nitrogens is 8. The fourth-order valence-corrected chi connectivity index (χ4v) is 6.51. The van der Waals surface area contributed by atoms with E-state index in [9.17, 15) is 19.2 Å². The maximum absolute atomic E-state index is 13.6. The number of rotatable bonds is 18. The van der Waals surface area contributed by atoms with E-state index in [1.165, 1.54) is 24.9 Å². The van der Waals surface area contributed by atoms with Crippen molar-refractivity contribution in [2.75, 3.05) is 45.0 Å². The number of nitrogens with zero attached hydrogens (tertiary/aromatic N) is 8. The Hall–Kier alpha value is -6.86. The van der Waals surface area contributed by atoms with Crippen molar-refractivity contribution in [2.45, 2.75) is 53.2 Å². The number of amides is 3. The lowest BCUT2D eigenvalue weighted by molar-refractivity contribution is 0.0994. The van der Waals surface area contributed by atoms with E-state index in [0.717, 1.165) is 18.5 Å². The van der Waals surface area contributed by atoms with Crippen LogP contribution in [0.15, 0.2) is 48.6 Å². The fourth-order valence-electron chi connectivity index (χ4n) is 6.51. The van der Waals surface area contributed by atoms with Crippen LogP contribution in [0.5, 0.6) is 11.5 Å². The number of aryl methyl sites for hydroxylation is 4. The van der Waals surface area contributed by atoms with Crippen LogP contribution >= 0.6 is 0 Å². The summed E-state index contributed by atoms with van der Waals surface area (Å²) >= 11 is 0. The average molecular weight is 810 g/mol. The van der Waals surface area contributed by atoms with Crippen molar-refractivity contribution < 1.29 is 28.7 Å². The highest BCUT2D eigenvalue weighted by Crippen LogP contribution is 2.33. The average Bonchev–Trinajstić information content (AvgIpc) is 4.00.